The molecule has 0 saturated carbocycles. The van der Waals surface area contributed by atoms with Crippen LogP contribution < -0.4 is 10.1 Å². The van der Waals surface area contributed by atoms with Gasteiger partial charge in [-0.25, -0.2) is 8.42 Å². The van der Waals surface area contributed by atoms with Crippen molar-refractivity contribution >= 4 is 27.5 Å². The number of amides is 2. The number of carbonyl (C=O) groups is 2. The minimum absolute atomic E-state index is 0.00869. The molecule has 0 unspecified atom stereocenters. The van der Waals surface area contributed by atoms with E-state index in [4.69, 9.17) is 9.47 Å². The SMILES string of the molecule is C[C@@H]1CN([C@H](C)CO)C(=O)Cc2cc(NC(=O)CCN3CCOCC3)ccc2O[C@@H]1CN(C)S(=O)(=O)c1ccccc1. The van der Waals surface area contributed by atoms with E-state index in [1.54, 1.807) is 60.4 Å². The van der Waals surface area contributed by atoms with Gasteiger partial charge in [-0.2, -0.15) is 4.31 Å². The molecule has 0 radical (unpaired) electrons. The predicted octanol–water partition coefficient (Wildman–Crippen LogP) is 1.82. The highest BCUT2D eigenvalue weighted by molar-refractivity contribution is 7.89. The van der Waals surface area contributed by atoms with Crippen molar-refractivity contribution in [2.75, 3.05) is 64.9 Å². The molecule has 230 valence electrons. The summed E-state index contributed by atoms with van der Waals surface area (Å²) in [6.45, 7) is 7.37. The van der Waals surface area contributed by atoms with Crippen molar-refractivity contribution in [2.45, 2.75) is 43.7 Å². The fourth-order valence-electron chi connectivity index (χ4n) is 5.16. The van der Waals surface area contributed by atoms with Crippen molar-refractivity contribution in [3.63, 3.8) is 0 Å². The van der Waals surface area contributed by atoms with Crippen LogP contribution in [0.2, 0.25) is 0 Å². The molecule has 4 rings (SSSR count). The monoisotopic (exact) mass is 602 g/mol. The molecule has 0 spiro atoms. The molecule has 2 aromatic carbocycles. The number of hydrogen-bond acceptors (Lipinski definition) is 8. The highest BCUT2D eigenvalue weighted by Crippen LogP contribution is 2.30. The van der Waals surface area contributed by atoms with Crippen LogP contribution in [-0.2, 0) is 30.8 Å². The molecule has 2 N–H and O–H groups in total. The number of fused-ring (bicyclic) bond motifs is 1. The van der Waals surface area contributed by atoms with Crippen LogP contribution in [0.4, 0.5) is 5.69 Å². The predicted molar refractivity (Wildman–Crippen MR) is 159 cm³/mol. The summed E-state index contributed by atoms with van der Waals surface area (Å²) < 4.78 is 39.6. The first-order valence-corrected chi connectivity index (χ1v) is 15.8. The Bertz CT molecular complexity index is 1320. The summed E-state index contributed by atoms with van der Waals surface area (Å²) in [5, 5.41) is 12.8. The lowest BCUT2D eigenvalue weighted by molar-refractivity contribution is -0.134. The number of aliphatic hydroxyl groups is 1. The number of carbonyl (C=O) groups excluding carboxylic acids is 2. The first-order chi connectivity index (χ1) is 20.1. The van der Waals surface area contributed by atoms with Crippen molar-refractivity contribution in [3.05, 3.63) is 54.1 Å². The second-order valence-electron chi connectivity index (χ2n) is 11.1. The quantitative estimate of drug-likeness (QED) is 0.422. The van der Waals surface area contributed by atoms with Gasteiger partial charge in [-0.3, -0.25) is 14.5 Å². The van der Waals surface area contributed by atoms with Gasteiger partial charge < -0.3 is 24.8 Å². The van der Waals surface area contributed by atoms with E-state index in [2.05, 4.69) is 10.2 Å². The fourth-order valence-corrected chi connectivity index (χ4v) is 6.36. The molecular formula is C30H42N4O7S. The number of nitrogens with zero attached hydrogens (tertiary/aromatic N) is 3. The molecule has 0 bridgehead atoms. The highest BCUT2D eigenvalue weighted by Gasteiger charge is 2.33. The highest BCUT2D eigenvalue weighted by atomic mass is 32.2. The molecular weight excluding hydrogens is 560 g/mol. The summed E-state index contributed by atoms with van der Waals surface area (Å²) >= 11 is 0. The van der Waals surface area contributed by atoms with Gasteiger partial charge in [0.15, 0.2) is 0 Å². The van der Waals surface area contributed by atoms with Gasteiger partial charge in [0.25, 0.3) is 0 Å². The number of morpholine rings is 1. The zero-order valence-corrected chi connectivity index (χ0v) is 25.4. The Morgan fingerprint density at radius 3 is 2.57 bits per heavy atom. The summed E-state index contributed by atoms with van der Waals surface area (Å²) in [7, 11) is -2.26. The Morgan fingerprint density at radius 2 is 1.88 bits per heavy atom. The summed E-state index contributed by atoms with van der Waals surface area (Å²) in [4.78, 5) is 30.2. The molecule has 2 aliphatic rings. The van der Waals surface area contributed by atoms with E-state index in [1.165, 1.54) is 11.4 Å². The third-order valence-electron chi connectivity index (χ3n) is 7.85. The minimum atomic E-state index is -3.77. The summed E-state index contributed by atoms with van der Waals surface area (Å²) in [6.07, 6.45) is -0.259. The van der Waals surface area contributed by atoms with Crippen LogP contribution in [-0.4, -0.2) is 111 Å². The number of benzene rings is 2. The second kappa shape index (κ2) is 14.4. The lowest BCUT2D eigenvalue weighted by Crippen LogP contribution is -2.48. The third-order valence-corrected chi connectivity index (χ3v) is 9.69. The van der Waals surface area contributed by atoms with Crippen LogP contribution in [0, 0.1) is 5.92 Å². The van der Waals surface area contributed by atoms with E-state index in [1.807, 2.05) is 6.92 Å². The zero-order chi connectivity index (χ0) is 30.3. The Hall–Kier alpha value is -3.03. The molecule has 1 fully saturated rings. The number of rotatable bonds is 10. The van der Waals surface area contributed by atoms with Gasteiger partial charge in [0.2, 0.25) is 21.8 Å². The molecule has 3 atom stereocenters. The van der Waals surface area contributed by atoms with E-state index < -0.39 is 22.2 Å². The molecule has 12 heteroatoms. The Kier molecular flexibility index (Phi) is 11.0. The number of nitrogens with one attached hydrogen (secondary N) is 1. The van der Waals surface area contributed by atoms with Gasteiger partial charge in [0.1, 0.15) is 11.9 Å². The third kappa shape index (κ3) is 8.07. The number of likely N-dealkylation sites (N-methyl/N-ethyl adjacent to an activating group) is 1. The van der Waals surface area contributed by atoms with Crippen molar-refractivity contribution in [1.29, 1.82) is 0 Å². The van der Waals surface area contributed by atoms with E-state index >= 15 is 0 Å². The van der Waals surface area contributed by atoms with Crippen molar-refractivity contribution in [3.8, 4) is 5.75 Å². The largest absolute Gasteiger partial charge is 0.488 e. The van der Waals surface area contributed by atoms with Crippen LogP contribution in [0.15, 0.2) is 53.4 Å². The Balaban J connectivity index is 1.56. The van der Waals surface area contributed by atoms with Crippen molar-refractivity contribution < 1.29 is 32.6 Å². The maximum absolute atomic E-state index is 13.5. The first kappa shape index (κ1) is 31.9. The molecule has 2 amide bonds. The number of ether oxygens (including phenoxy) is 2. The Morgan fingerprint density at radius 1 is 1.17 bits per heavy atom. The van der Waals surface area contributed by atoms with E-state index in [-0.39, 0.29) is 48.7 Å². The summed E-state index contributed by atoms with van der Waals surface area (Å²) in [5.41, 5.74) is 1.13. The number of aliphatic hydroxyl groups excluding tert-OH is 1. The maximum atomic E-state index is 13.5. The second-order valence-corrected chi connectivity index (χ2v) is 13.1. The summed E-state index contributed by atoms with van der Waals surface area (Å²) in [5.74, 6) is -0.126. The van der Waals surface area contributed by atoms with Crippen LogP contribution >= 0.6 is 0 Å². The molecule has 42 heavy (non-hydrogen) atoms. The van der Waals surface area contributed by atoms with E-state index in [0.29, 0.717) is 43.2 Å². The van der Waals surface area contributed by atoms with Gasteiger partial charge in [0.05, 0.1) is 43.7 Å². The number of hydrogen-bond donors (Lipinski definition) is 2. The van der Waals surface area contributed by atoms with Gasteiger partial charge in [-0.15, -0.1) is 0 Å². The van der Waals surface area contributed by atoms with Crippen LogP contribution in [0.25, 0.3) is 0 Å². The number of sulfonamides is 1. The maximum Gasteiger partial charge on any atom is 0.242 e. The van der Waals surface area contributed by atoms with Gasteiger partial charge in [0, 0.05) is 56.8 Å². The lowest BCUT2D eigenvalue weighted by atomic mass is 10.0. The van der Waals surface area contributed by atoms with Crippen molar-refractivity contribution in [2.24, 2.45) is 5.92 Å². The van der Waals surface area contributed by atoms with Gasteiger partial charge in [-0.1, -0.05) is 25.1 Å². The average molecular weight is 603 g/mol. The molecule has 2 aliphatic heterocycles. The van der Waals surface area contributed by atoms with Crippen LogP contribution in [0.1, 0.15) is 25.8 Å². The topological polar surface area (TPSA) is 129 Å². The van der Waals surface area contributed by atoms with Crippen molar-refractivity contribution in [1.82, 2.24) is 14.1 Å². The molecule has 0 aliphatic carbocycles. The minimum Gasteiger partial charge on any atom is -0.488 e. The average Bonchev–Trinajstić information content (AvgIpc) is 3.04. The lowest BCUT2D eigenvalue weighted by Gasteiger charge is -2.33. The smallest absolute Gasteiger partial charge is 0.242 e. The van der Waals surface area contributed by atoms with E-state index in [0.717, 1.165) is 13.1 Å². The molecule has 0 aromatic heterocycles. The standard InChI is InChI=1S/C30H42N4O7S/c1-22-19-34(23(2)21-35)30(37)18-24-17-25(31-29(36)11-12-33-13-15-40-16-14-33)9-10-27(24)41-28(22)20-32(3)42(38,39)26-7-5-4-6-8-26/h4-10,17,22-23,28,35H,11-16,18-21H2,1-3H3,(H,31,36)/t22-,23-,28-/m1/s1. The first-order valence-electron chi connectivity index (χ1n) is 14.4. The fraction of sp³-hybridized carbons (Fsp3) is 0.533. The Labute approximate surface area is 248 Å². The molecule has 1 saturated heterocycles. The normalized spacial score (nSPS) is 21.1. The van der Waals surface area contributed by atoms with Gasteiger partial charge in [-0.05, 0) is 37.3 Å². The summed E-state index contributed by atoms with van der Waals surface area (Å²) in [6, 6.07) is 13.0. The number of anilines is 1. The van der Waals surface area contributed by atoms with Crippen LogP contribution in [0.5, 0.6) is 5.75 Å². The molecule has 2 aromatic rings. The zero-order valence-electron chi connectivity index (χ0n) is 24.6. The van der Waals surface area contributed by atoms with Gasteiger partial charge >= 0.3 is 0 Å². The molecule has 2 heterocycles. The van der Waals surface area contributed by atoms with Crippen LogP contribution in [0.3, 0.4) is 0 Å². The molecule has 11 nitrogen and oxygen atoms in total. The van der Waals surface area contributed by atoms with E-state index in [9.17, 15) is 23.1 Å².